The molecule has 0 heterocycles. The van der Waals surface area contributed by atoms with E-state index in [0.717, 1.165) is 11.7 Å². The minimum absolute atomic E-state index is 0. The van der Waals surface area contributed by atoms with E-state index in [2.05, 4.69) is 6.92 Å². The Morgan fingerprint density at radius 3 is 2.00 bits per heavy atom. The van der Waals surface area contributed by atoms with Crippen LogP contribution in [0.1, 0.15) is 19.8 Å². The Balaban J connectivity index is 0.000000454. The summed E-state index contributed by atoms with van der Waals surface area (Å²) in [5.41, 5.74) is 0. The molecule has 0 saturated heterocycles. The van der Waals surface area contributed by atoms with Crippen molar-refractivity contribution in [2.24, 2.45) is 0 Å². The van der Waals surface area contributed by atoms with Crippen molar-refractivity contribution in [1.29, 1.82) is 0 Å². The molecule has 10 radical (unpaired) electrons. The molecule has 2 aliphatic carbocycles. The molecule has 2 fully saturated rings. The first kappa shape index (κ1) is 19.5. The van der Waals surface area contributed by atoms with Gasteiger partial charge in [0.15, 0.2) is 0 Å². The molecule has 2 rings (SSSR count). The van der Waals surface area contributed by atoms with Crippen LogP contribution in [0.25, 0.3) is 0 Å². The maximum Gasteiger partial charge on any atom is 2.00 e. The number of ketones is 1. The summed E-state index contributed by atoms with van der Waals surface area (Å²) in [7, 11) is 0. The van der Waals surface area contributed by atoms with Crippen molar-refractivity contribution in [3.05, 3.63) is 63.7 Å². The average Bonchev–Trinajstić information content (AvgIpc) is 3.09. The number of hydrogen-bond donors (Lipinski definition) is 0. The second kappa shape index (κ2) is 13.5. The predicted octanol–water partition coefficient (Wildman–Crippen LogP) is 3.51. The Kier molecular flexibility index (Phi) is 13.9. The van der Waals surface area contributed by atoms with Gasteiger partial charge in [-0.1, -0.05) is 13.3 Å². The van der Waals surface area contributed by atoms with E-state index < -0.39 is 0 Å². The first-order valence-electron chi connectivity index (χ1n) is 6.34. The normalized spacial score (nSPS) is 18.6. The zero-order valence-corrected chi connectivity index (χ0v) is 13.1. The fraction of sp³-hybridized carbons (Fsp3) is 0.312. The Hall–Kier alpha value is 0.539. The van der Waals surface area contributed by atoms with Crippen molar-refractivity contribution in [2.75, 3.05) is 11.5 Å². The molecular formula is C16H20FeOS+2. The van der Waals surface area contributed by atoms with Gasteiger partial charge in [0.05, 0.1) is 5.75 Å². The number of thioether (sulfide) groups is 1. The number of carbonyl (C=O) groups is 1. The third kappa shape index (κ3) is 9.98. The van der Waals surface area contributed by atoms with Crippen LogP contribution in [0, 0.1) is 63.7 Å². The SMILES string of the molecule is CCCCSCC(=O)[C]1[CH][CH][CH][CH]1.[CH]1[CH][CH][CH][CH]1.[Fe+2]. The summed E-state index contributed by atoms with van der Waals surface area (Å²) in [6.07, 6.45) is 20.0. The van der Waals surface area contributed by atoms with Crippen LogP contribution < -0.4 is 0 Å². The van der Waals surface area contributed by atoms with Crippen LogP contribution in [0.3, 0.4) is 0 Å². The van der Waals surface area contributed by atoms with Crippen molar-refractivity contribution in [3.63, 3.8) is 0 Å². The number of hydrogen-bond acceptors (Lipinski definition) is 2. The van der Waals surface area contributed by atoms with Crippen molar-refractivity contribution in [1.82, 2.24) is 0 Å². The van der Waals surface area contributed by atoms with Crippen molar-refractivity contribution < 1.29 is 21.9 Å². The minimum Gasteiger partial charge on any atom is -0.298 e. The van der Waals surface area contributed by atoms with Gasteiger partial charge in [-0.25, -0.2) is 0 Å². The van der Waals surface area contributed by atoms with Gasteiger partial charge in [-0.2, -0.15) is 11.8 Å². The Bertz CT molecular complexity index is 203. The number of carbonyl (C=O) groups excluding carboxylic acids is 1. The van der Waals surface area contributed by atoms with E-state index in [-0.39, 0.29) is 22.9 Å². The molecule has 0 spiro atoms. The summed E-state index contributed by atoms with van der Waals surface area (Å²) in [5, 5.41) is 0. The topological polar surface area (TPSA) is 17.1 Å². The van der Waals surface area contributed by atoms with Gasteiger partial charge in [-0.3, -0.25) is 4.79 Å². The third-order valence-electron chi connectivity index (χ3n) is 2.42. The molecule has 1 nitrogen and oxygen atoms in total. The van der Waals surface area contributed by atoms with Crippen LogP contribution in [0.5, 0.6) is 0 Å². The second-order valence-corrected chi connectivity index (χ2v) is 5.07. The first-order valence-corrected chi connectivity index (χ1v) is 7.49. The molecule has 0 amide bonds. The molecular weight excluding hydrogens is 296 g/mol. The summed E-state index contributed by atoms with van der Waals surface area (Å²) in [5.74, 6) is 2.84. The summed E-state index contributed by atoms with van der Waals surface area (Å²) < 4.78 is 0. The molecule has 102 valence electrons. The van der Waals surface area contributed by atoms with Gasteiger partial charge in [0, 0.05) is 5.92 Å². The fourth-order valence-corrected chi connectivity index (χ4v) is 2.36. The van der Waals surface area contributed by atoms with Gasteiger partial charge >= 0.3 is 17.1 Å². The van der Waals surface area contributed by atoms with Gasteiger partial charge in [-0.05, 0) is 70.0 Å². The molecule has 0 aliphatic heterocycles. The van der Waals surface area contributed by atoms with Gasteiger partial charge in [0.1, 0.15) is 5.78 Å². The molecule has 0 aromatic heterocycles. The quantitative estimate of drug-likeness (QED) is 0.551. The van der Waals surface area contributed by atoms with E-state index in [1.165, 1.54) is 12.8 Å². The van der Waals surface area contributed by atoms with Gasteiger partial charge in [0.2, 0.25) is 0 Å². The molecule has 19 heavy (non-hydrogen) atoms. The van der Waals surface area contributed by atoms with E-state index in [9.17, 15) is 4.79 Å². The molecule has 0 aromatic rings. The van der Waals surface area contributed by atoms with Crippen LogP contribution >= 0.6 is 11.8 Å². The van der Waals surface area contributed by atoms with Gasteiger partial charge < -0.3 is 0 Å². The summed E-state index contributed by atoms with van der Waals surface area (Å²) >= 11 is 1.73. The van der Waals surface area contributed by atoms with Crippen LogP contribution in [-0.4, -0.2) is 17.3 Å². The minimum atomic E-state index is 0. The smallest absolute Gasteiger partial charge is 0.298 e. The second-order valence-electron chi connectivity index (χ2n) is 3.97. The van der Waals surface area contributed by atoms with Crippen LogP contribution in [-0.2, 0) is 21.9 Å². The summed E-state index contributed by atoms with van der Waals surface area (Å²) in [6.45, 7) is 2.17. The van der Waals surface area contributed by atoms with Gasteiger partial charge in [-0.15, -0.1) is 0 Å². The van der Waals surface area contributed by atoms with Crippen molar-refractivity contribution in [3.8, 4) is 0 Å². The Morgan fingerprint density at radius 1 is 1.00 bits per heavy atom. The number of rotatable bonds is 6. The molecule has 2 saturated carbocycles. The van der Waals surface area contributed by atoms with E-state index in [1.54, 1.807) is 11.8 Å². The van der Waals surface area contributed by atoms with E-state index in [4.69, 9.17) is 0 Å². The monoisotopic (exact) mass is 316 g/mol. The molecule has 0 aromatic carbocycles. The van der Waals surface area contributed by atoms with E-state index in [0.29, 0.717) is 5.75 Å². The largest absolute Gasteiger partial charge is 2.00 e. The molecule has 0 N–H and O–H groups in total. The molecule has 2 aliphatic rings. The molecule has 0 bridgehead atoms. The molecule has 0 unspecified atom stereocenters. The van der Waals surface area contributed by atoms with Crippen LogP contribution in [0.4, 0.5) is 0 Å². The fourth-order valence-electron chi connectivity index (χ4n) is 1.38. The van der Waals surface area contributed by atoms with E-state index >= 15 is 0 Å². The van der Waals surface area contributed by atoms with Crippen molar-refractivity contribution in [2.45, 2.75) is 19.8 Å². The Morgan fingerprint density at radius 2 is 1.53 bits per heavy atom. The summed E-state index contributed by atoms with van der Waals surface area (Å²) in [4.78, 5) is 11.4. The maximum absolute atomic E-state index is 11.4. The standard InChI is InChI=1S/C11H15OS.C5H5.Fe/c1-2-3-8-13-9-11(12)10-6-4-5-7-10;1-2-4-5-3-1;/h4-7H,2-3,8-9H2,1H3;1-5H;/q;;+2. The maximum atomic E-state index is 11.4. The molecule has 0 atom stereocenters. The molecule has 3 heteroatoms. The predicted molar refractivity (Wildman–Crippen MR) is 79.2 cm³/mol. The van der Waals surface area contributed by atoms with Gasteiger partial charge in [0.25, 0.3) is 0 Å². The number of Topliss-reactive ketones (excluding diaryl/α,β-unsaturated/α-hetero) is 1. The zero-order chi connectivity index (χ0) is 13.1. The zero-order valence-electron chi connectivity index (χ0n) is 11.2. The number of unbranched alkanes of at least 4 members (excludes halogenated alkanes) is 1. The third-order valence-corrected chi connectivity index (χ3v) is 3.46. The van der Waals surface area contributed by atoms with Crippen LogP contribution in [0.2, 0.25) is 0 Å². The van der Waals surface area contributed by atoms with Crippen molar-refractivity contribution >= 4 is 17.5 Å². The average molecular weight is 316 g/mol. The first-order chi connectivity index (χ1) is 8.84. The Labute approximate surface area is 134 Å². The summed E-state index contributed by atoms with van der Waals surface area (Å²) in [6, 6.07) is 0. The van der Waals surface area contributed by atoms with Crippen LogP contribution in [0.15, 0.2) is 0 Å². The van der Waals surface area contributed by atoms with E-state index in [1.807, 2.05) is 57.8 Å².